The maximum atomic E-state index is 2.41. The maximum absolute atomic E-state index is 2.41. The molecule has 0 N–H and O–H groups in total. The molecule has 0 radical (unpaired) electrons. The summed E-state index contributed by atoms with van der Waals surface area (Å²) in [5.74, 6) is 0. The van der Waals surface area contributed by atoms with Crippen molar-refractivity contribution in [3.63, 3.8) is 0 Å². The number of rotatable bonds is 4. The molecular formula is C48H30N2S. The summed E-state index contributed by atoms with van der Waals surface area (Å²) in [7, 11) is 0. The molecule has 0 saturated heterocycles. The number of hydrogen-bond acceptors (Lipinski definition) is 1. The van der Waals surface area contributed by atoms with Gasteiger partial charge in [0.1, 0.15) is 0 Å². The summed E-state index contributed by atoms with van der Waals surface area (Å²) in [5, 5.41) is 7.73. The Balaban J connectivity index is 1.02. The van der Waals surface area contributed by atoms with Crippen LogP contribution in [0.5, 0.6) is 0 Å². The van der Waals surface area contributed by atoms with Crippen LogP contribution in [0.15, 0.2) is 182 Å². The molecule has 0 aliphatic heterocycles. The third kappa shape index (κ3) is 4.29. The van der Waals surface area contributed by atoms with Crippen LogP contribution in [0.3, 0.4) is 0 Å². The summed E-state index contributed by atoms with van der Waals surface area (Å²) in [5.41, 5.74) is 12.2. The third-order valence-corrected chi connectivity index (χ3v) is 11.8. The number of hydrogen-bond donors (Lipinski definition) is 0. The average Bonchev–Trinajstić information content (AvgIpc) is 3.86. The topological polar surface area (TPSA) is 9.86 Å². The van der Waals surface area contributed by atoms with E-state index in [0.717, 1.165) is 5.69 Å². The number of benzene rings is 8. The molecule has 8 aromatic carbocycles. The van der Waals surface area contributed by atoms with Gasteiger partial charge in [-0.2, -0.15) is 0 Å². The first-order valence-corrected chi connectivity index (χ1v) is 18.3. The largest absolute Gasteiger partial charge is 0.309 e. The third-order valence-electron chi connectivity index (χ3n) is 10.5. The van der Waals surface area contributed by atoms with Crippen molar-refractivity contribution in [1.29, 1.82) is 0 Å². The molecule has 3 heterocycles. The van der Waals surface area contributed by atoms with Gasteiger partial charge in [-0.25, -0.2) is 0 Å². The molecule has 0 bridgehead atoms. The van der Waals surface area contributed by atoms with E-state index >= 15 is 0 Å². The lowest BCUT2D eigenvalue weighted by Crippen LogP contribution is -1.94. The van der Waals surface area contributed by atoms with Crippen molar-refractivity contribution in [1.82, 2.24) is 9.13 Å². The molecule has 0 saturated carbocycles. The Morgan fingerprint density at radius 2 is 0.824 bits per heavy atom. The van der Waals surface area contributed by atoms with Crippen LogP contribution < -0.4 is 0 Å². The fourth-order valence-electron chi connectivity index (χ4n) is 8.20. The zero-order chi connectivity index (χ0) is 33.5. The van der Waals surface area contributed by atoms with Gasteiger partial charge in [0.2, 0.25) is 0 Å². The molecule has 3 heteroatoms. The van der Waals surface area contributed by atoms with Gasteiger partial charge in [-0.3, -0.25) is 0 Å². The highest BCUT2D eigenvalue weighted by molar-refractivity contribution is 7.26. The van der Waals surface area contributed by atoms with Gasteiger partial charge < -0.3 is 9.13 Å². The predicted molar refractivity (Wildman–Crippen MR) is 219 cm³/mol. The average molecular weight is 667 g/mol. The number of nitrogens with zero attached hydrogens (tertiary/aromatic N) is 2. The van der Waals surface area contributed by atoms with Crippen molar-refractivity contribution in [2.45, 2.75) is 0 Å². The van der Waals surface area contributed by atoms with E-state index in [1.807, 2.05) is 11.3 Å². The molecule has 51 heavy (non-hydrogen) atoms. The van der Waals surface area contributed by atoms with Gasteiger partial charge in [-0.15, -0.1) is 11.3 Å². The van der Waals surface area contributed by atoms with Crippen molar-refractivity contribution >= 4 is 75.1 Å². The number of thiophene rings is 1. The Morgan fingerprint density at radius 1 is 0.314 bits per heavy atom. The minimum Gasteiger partial charge on any atom is -0.309 e. The van der Waals surface area contributed by atoms with Crippen LogP contribution in [0, 0.1) is 0 Å². The standard InChI is InChI=1S/C48H30N2S/c1-2-11-34(12-3-1)49-43-18-7-4-13-37(43)41-29-32(23-27-45(41)49)31-21-25-35(26-22-31)50-44-19-8-5-14-38(44)42-30-33(24-28-46(42)50)36-16-10-17-40-39-15-6-9-20-47(39)51-48(36)40/h1-30H. The van der Waals surface area contributed by atoms with E-state index in [1.54, 1.807) is 0 Å². The van der Waals surface area contributed by atoms with Crippen LogP contribution >= 0.6 is 11.3 Å². The Morgan fingerprint density at radius 3 is 1.53 bits per heavy atom. The second kappa shape index (κ2) is 11.0. The summed E-state index contributed by atoms with van der Waals surface area (Å²) >= 11 is 1.89. The van der Waals surface area contributed by atoms with Gasteiger partial charge in [0, 0.05) is 53.1 Å². The van der Waals surface area contributed by atoms with Crippen molar-refractivity contribution in [3.05, 3.63) is 182 Å². The first-order valence-electron chi connectivity index (χ1n) is 17.4. The number of aromatic nitrogens is 2. The lowest BCUT2D eigenvalue weighted by atomic mass is 10.0. The van der Waals surface area contributed by atoms with Gasteiger partial charge in [0.25, 0.3) is 0 Å². The Kier molecular flexibility index (Phi) is 6.16. The lowest BCUT2D eigenvalue weighted by molar-refractivity contribution is 1.18. The number of fused-ring (bicyclic) bond motifs is 9. The molecule has 0 aliphatic rings. The maximum Gasteiger partial charge on any atom is 0.0541 e. The molecule has 0 spiro atoms. The van der Waals surface area contributed by atoms with E-state index in [-0.39, 0.29) is 0 Å². The highest BCUT2D eigenvalue weighted by Gasteiger charge is 2.17. The predicted octanol–water partition coefficient (Wildman–Crippen LogP) is 13.6. The Bertz CT molecular complexity index is 3120. The van der Waals surface area contributed by atoms with Crippen LogP contribution in [0.25, 0.3) is 97.4 Å². The molecular weight excluding hydrogens is 637 g/mol. The van der Waals surface area contributed by atoms with Crippen LogP contribution in [0.2, 0.25) is 0 Å². The summed E-state index contributed by atoms with van der Waals surface area (Å²) in [6.07, 6.45) is 0. The van der Waals surface area contributed by atoms with Crippen molar-refractivity contribution in [3.8, 4) is 33.6 Å². The van der Waals surface area contributed by atoms with E-state index in [1.165, 1.54) is 91.7 Å². The SMILES string of the molecule is c1ccc(-n2c3ccccc3c3cc(-c4ccc(-n5c6ccccc6c6cc(-c7cccc8c7sc7ccccc78)ccc65)cc4)ccc32)cc1. The van der Waals surface area contributed by atoms with Crippen LogP contribution in [-0.2, 0) is 0 Å². The first-order chi connectivity index (χ1) is 25.3. The Hall–Kier alpha value is -6.42. The van der Waals surface area contributed by atoms with Gasteiger partial charge in [-0.1, -0.05) is 115 Å². The summed E-state index contributed by atoms with van der Waals surface area (Å²) in [6.45, 7) is 0. The second-order valence-corrected chi connectivity index (χ2v) is 14.4. The summed E-state index contributed by atoms with van der Waals surface area (Å²) in [6, 6.07) is 66.6. The zero-order valence-corrected chi connectivity index (χ0v) is 28.4. The molecule has 0 aliphatic carbocycles. The molecule has 0 unspecified atom stereocenters. The zero-order valence-electron chi connectivity index (χ0n) is 27.6. The highest BCUT2D eigenvalue weighted by Crippen LogP contribution is 2.42. The monoisotopic (exact) mass is 666 g/mol. The van der Waals surface area contributed by atoms with Crippen molar-refractivity contribution in [2.24, 2.45) is 0 Å². The van der Waals surface area contributed by atoms with Crippen LogP contribution in [0.4, 0.5) is 0 Å². The smallest absolute Gasteiger partial charge is 0.0541 e. The van der Waals surface area contributed by atoms with E-state index in [2.05, 4.69) is 191 Å². The van der Waals surface area contributed by atoms with Crippen LogP contribution in [-0.4, -0.2) is 9.13 Å². The molecule has 2 nitrogen and oxygen atoms in total. The van der Waals surface area contributed by atoms with Crippen molar-refractivity contribution in [2.75, 3.05) is 0 Å². The van der Waals surface area contributed by atoms with E-state index in [9.17, 15) is 0 Å². The highest BCUT2D eigenvalue weighted by atomic mass is 32.1. The molecule has 0 atom stereocenters. The van der Waals surface area contributed by atoms with Gasteiger partial charge in [0.15, 0.2) is 0 Å². The fourth-order valence-corrected chi connectivity index (χ4v) is 9.44. The molecule has 0 amide bonds. The molecule has 11 rings (SSSR count). The van der Waals surface area contributed by atoms with Gasteiger partial charge >= 0.3 is 0 Å². The van der Waals surface area contributed by atoms with E-state index in [4.69, 9.17) is 0 Å². The molecule has 0 fully saturated rings. The minimum atomic E-state index is 1.16. The van der Waals surface area contributed by atoms with Crippen molar-refractivity contribution < 1.29 is 0 Å². The Labute approximate surface area is 298 Å². The van der Waals surface area contributed by atoms with Gasteiger partial charge in [0.05, 0.1) is 22.1 Å². The first kappa shape index (κ1) is 28.4. The van der Waals surface area contributed by atoms with Gasteiger partial charge in [-0.05, 0) is 89.0 Å². The normalized spacial score (nSPS) is 11.9. The molecule has 3 aromatic heterocycles. The van der Waals surface area contributed by atoms with Crippen LogP contribution in [0.1, 0.15) is 0 Å². The quantitative estimate of drug-likeness (QED) is 0.177. The summed E-state index contributed by atoms with van der Waals surface area (Å²) < 4.78 is 7.46. The van der Waals surface area contributed by atoms with E-state index < -0.39 is 0 Å². The lowest BCUT2D eigenvalue weighted by Gasteiger charge is -2.11. The number of para-hydroxylation sites is 3. The second-order valence-electron chi connectivity index (χ2n) is 13.3. The minimum absolute atomic E-state index is 1.16. The molecule has 11 aromatic rings. The fraction of sp³-hybridized carbons (Fsp3) is 0. The molecule has 238 valence electrons. The van der Waals surface area contributed by atoms with E-state index in [0.29, 0.717) is 0 Å². The summed E-state index contributed by atoms with van der Waals surface area (Å²) in [4.78, 5) is 0.